The highest BCUT2D eigenvalue weighted by molar-refractivity contribution is 8.26. The molecule has 7 heteroatoms. The predicted molar refractivity (Wildman–Crippen MR) is 107 cm³/mol. The fourth-order valence-corrected chi connectivity index (χ4v) is 4.06. The molecule has 1 aromatic carbocycles. The molecule has 134 valence electrons. The van der Waals surface area contributed by atoms with Crippen LogP contribution in [0.1, 0.15) is 23.6 Å². The first-order chi connectivity index (χ1) is 12.6. The van der Waals surface area contributed by atoms with Gasteiger partial charge in [-0.15, -0.1) is 0 Å². The molecular weight excluding hydrogens is 368 g/mol. The van der Waals surface area contributed by atoms with Crippen LogP contribution < -0.4 is 0 Å². The van der Waals surface area contributed by atoms with Gasteiger partial charge >= 0.3 is 0 Å². The van der Waals surface area contributed by atoms with Crippen LogP contribution in [0.2, 0.25) is 0 Å². The molecule has 2 heterocycles. The molecule has 0 spiro atoms. The Morgan fingerprint density at radius 1 is 1.19 bits per heavy atom. The third-order valence-corrected chi connectivity index (χ3v) is 5.49. The molecule has 2 aromatic rings. The van der Waals surface area contributed by atoms with Gasteiger partial charge in [0.1, 0.15) is 4.32 Å². The molecule has 1 amide bonds. The molecule has 0 radical (unpaired) electrons. The van der Waals surface area contributed by atoms with E-state index in [1.807, 2.05) is 31.2 Å². The van der Waals surface area contributed by atoms with Crippen molar-refractivity contribution < 1.29 is 15.0 Å². The van der Waals surface area contributed by atoms with Gasteiger partial charge in [0.05, 0.1) is 23.8 Å². The summed E-state index contributed by atoms with van der Waals surface area (Å²) in [6, 6.07) is 9.21. The van der Waals surface area contributed by atoms with Crippen molar-refractivity contribution in [3.8, 4) is 11.3 Å². The first kappa shape index (κ1) is 18.7. The van der Waals surface area contributed by atoms with Gasteiger partial charge in [-0.2, -0.15) is 0 Å². The van der Waals surface area contributed by atoms with E-state index < -0.39 is 0 Å². The highest BCUT2D eigenvalue weighted by Crippen LogP contribution is 2.32. The van der Waals surface area contributed by atoms with E-state index in [-0.39, 0.29) is 19.1 Å². The fourth-order valence-electron chi connectivity index (χ4n) is 2.67. The third kappa shape index (κ3) is 3.71. The third-order valence-electron chi connectivity index (χ3n) is 4.12. The molecule has 0 saturated carbocycles. The van der Waals surface area contributed by atoms with E-state index in [1.54, 1.807) is 23.2 Å². The Bertz CT molecular complexity index is 879. The van der Waals surface area contributed by atoms with E-state index in [2.05, 4.69) is 4.98 Å². The molecule has 1 aromatic heterocycles. The highest BCUT2D eigenvalue weighted by Gasteiger charge is 2.30. The van der Waals surface area contributed by atoms with E-state index in [4.69, 9.17) is 12.2 Å². The Kier molecular flexibility index (Phi) is 5.83. The molecule has 2 N–H and O–H groups in total. The average Bonchev–Trinajstić information content (AvgIpc) is 2.94. The summed E-state index contributed by atoms with van der Waals surface area (Å²) < 4.78 is 0.578. The van der Waals surface area contributed by atoms with Crippen LogP contribution in [0.3, 0.4) is 0 Å². The van der Waals surface area contributed by atoms with Crippen molar-refractivity contribution in [3.63, 3.8) is 0 Å². The molecule has 0 bridgehead atoms. The van der Waals surface area contributed by atoms with Crippen molar-refractivity contribution in [3.05, 3.63) is 58.1 Å². The van der Waals surface area contributed by atoms with E-state index in [9.17, 15) is 15.0 Å². The van der Waals surface area contributed by atoms with Crippen molar-refractivity contribution >= 4 is 40.3 Å². The number of thioether (sulfide) groups is 1. The van der Waals surface area contributed by atoms with E-state index >= 15 is 0 Å². The second kappa shape index (κ2) is 8.09. The Morgan fingerprint density at radius 2 is 1.96 bits per heavy atom. The van der Waals surface area contributed by atoms with Gasteiger partial charge in [-0.25, -0.2) is 0 Å². The number of nitrogens with zero attached hydrogens (tertiary/aromatic N) is 2. The number of carbonyl (C=O) groups excluding carboxylic acids is 1. The van der Waals surface area contributed by atoms with Crippen molar-refractivity contribution in [1.82, 2.24) is 9.88 Å². The molecule has 1 aliphatic heterocycles. The number of pyridine rings is 1. The standard InChI is InChI=1S/C19H18N2O3S2/c1-2-21-18(24)17(26-19(21)25)7-12-3-6-16(20-9-12)13-4-5-14(10-22)15(8-13)11-23/h3-9,22-23H,2,10-11H2,1H3/b17-7-. The molecule has 26 heavy (non-hydrogen) atoms. The van der Waals surface area contributed by atoms with Crippen LogP contribution in [0.15, 0.2) is 41.4 Å². The van der Waals surface area contributed by atoms with E-state index in [0.717, 1.165) is 16.8 Å². The summed E-state index contributed by atoms with van der Waals surface area (Å²) in [5.41, 5.74) is 3.81. The molecule has 0 atom stereocenters. The number of benzene rings is 1. The first-order valence-electron chi connectivity index (χ1n) is 8.12. The maximum atomic E-state index is 12.3. The first-order valence-corrected chi connectivity index (χ1v) is 9.35. The number of rotatable bonds is 5. The molecule has 5 nitrogen and oxygen atoms in total. The number of amides is 1. The van der Waals surface area contributed by atoms with Crippen LogP contribution in [0.25, 0.3) is 17.3 Å². The van der Waals surface area contributed by atoms with Crippen LogP contribution >= 0.6 is 24.0 Å². The van der Waals surface area contributed by atoms with Gasteiger partial charge < -0.3 is 10.2 Å². The number of aliphatic hydroxyl groups is 2. The molecule has 1 fully saturated rings. The lowest BCUT2D eigenvalue weighted by atomic mass is 10.0. The quantitative estimate of drug-likeness (QED) is 0.608. The summed E-state index contributed by atoms with van der Waals surface area (Å²) in [6.45, 7) is 2.21. The maximum absolute atomic E-state index is 12.3. The number of thiocarbonyl (C=S) groups is 1. The number of likely N-dealkylation sites (N-methyl/N-ethyl adjacent to an activating group) is 1. The van der Waals surface area contributed by atoms with Crippen molar-refractivity contribution in [2.24, 2.45) is 0 Å². The monoisotopic (exact) mass is 386 g/mol. The highest BCUT2D eigenvalue weighted by atomic mass is 32.2. The van der Waals surface area contributed by atoms with Crippen molar-refractivity contribution in [2.45, 2.75) is 20.1 Å². The van der Waals surface area contributed by atoms with Crippen LogP contribution in [-0.2, 0) is 18.0 Å². The van der Waals surface area contributed by atoms with Gasteiger partial charge in [-0.05, 0) is 41.8 Å². The molecule has 0 aliphatic carbocycles. The Morgan fingerprint density at radius 3 is 2.54 bits per heavy atom. The average molecular weight is 386 g/mol. The number of aliphatic hydroxyl groups excluding tert-OH is 2. The lowest BCUT2D eigenvalue weighted by molar-refractivity contribution is -0.121. The number of carbonyl (C=O) groups is 1. The lowest BCUT2D eigenvalue weighted by Crippen LogP contribution is -2.27. The molecule has 0 unspecified atom stereocenters. The zero-order valence-electron chi connectivity index (χ0n) is 14.2. The summed E-state index contributed by atoms with van der Waals surface area (Å²) in [7, 11) is 0. The summed E-state index contributed by atoms with van der Waals surface area (Å²) in [6.07, 6.45) is 3.49. The van der Waals surface area contributed by atoms with E-state index in [0.29, 0.717) is 26.9 Å². The van der Waals surface area contributed by atoms with Gasteiger partial charge in [-0.3, -0.25) is 14.7 Å². The van der Waals surface area contributed by atoms with Gasteiger partial charge in [0.2, 0.25) is 0 Å². The summed E-state index contributed by atoms with van der Waals surface area (Å²) in [4.78, 5) is 18.9. The predicted octanol–water partition coefficient (Wildman–Crippen LogP) is 2.95. The van der Waals surface area contributed by atoms with Crippen LogP contribution in [0.4, 0.5) is 0 Å². The molecule has 3 rings (SSSR count). The van der Waals surface area contributed by atoms with Gasteiger partial charge in [0, 0.05) is 18.3 Å². The molecule has 1 aliphatic rings. The topological polar surface area (TPSA) is 73.7 Å². The zero-order chi connectivity index (χ0) is 18.7. The number of aromatic nitrogens is 1. The minimum absolute atomic E-state index is 0.0706. The van der Waals surface area contributed by atoms with Gasteiger partial charge in [0.15, 0.2) is 0 Å². The lowest BCUT2D eigenvalue weighted by Gasteiger charge is -2.09. The number of hydrogen-bond donors (Lipinski definition) is 2. The Labute approximate surface area is 161 Å². The van der Waals surface area contributed by atoms with E-state index in [1.165, 1.54) is 11.8 Å². The van der Waals surface area contributed by atoms with Crippen LogP contribution in [-0.4, -0.2) is 36.9 Å². The second-order valence-corrected chi connectivity index (χ2v) is 7.38. The zero-order valence-corrected chi connectivity index (χ0v) is 15.8. The Balaban J connectivity index is 1.84. The Hall–Kier alpha value is -2.06. The maximum Gasteiger partial charge on any atom is 0.266 e. The number of hydrogen-bond acceptors (Lipinski definition) is 6. The SMILES string of the molecule is CCN1C(=O)/C(=C/c2ccc(-c3ccc(CO)c(CO)c3)nc2)SC1=S. The van der Waals surface area contributed by atoms with Crippen LogP contribution in [0.5, 0.6) is 0 Å². The molecular formula is C19H18N2O3S2. The molecule has 1 saturated heterocycles. The summed E-state index contributed by atoms with van der Waals surface area (Å²) >= 11 is 6.51. The second-order valence-electron chi connectivity index (χ2n) is 5.70. The largest absolute Gasteiger partial charge is 0.392 e. The van der Waals surface area contributed by atoms with Gasteiger partial charge in [0.25, 0.3) is 5.91 Å². The van der Waals surface area contributed by atoms with Gasteiger partial charge in [-0.1, -0.05) is 42.2 Å². The summed E-state index contributed by atoms with van der Waals surface area (Å²) in [5.74, 6) is -0.0706. The minimum Gasteiger partial charge on any atom is -0.392 e. The van der Waals surface area contributed by atoms with Crippen molar-refractivity contribution in [2.75, 3.05) is 6.54 Å². The summed E-state index contributed by atoms with van der Waals surface area (Å²) in [5, 5.41) is 18.7. The normalized spacial score (nSPS) is 16.0. The van der Waals surface area contributed by atoms with Crippen LogP contribution in [0, 0.1) is 0 Å². The minimum atomic E-state index is -0.138. The fraction of sp³-hybridized carbons (Fsp3) is 0.211. The smallest absolute Gasteiger partial charge is 0.266 e. The van der Waals surface area contributed by atoms with Crippen molar-refractivity contribution in [1.29, 1.82) is 0 Å².